The molecule has 0 saturated carbocycles. The van der Waals surface area contributed by atoms with Gasteiger partial charge in [0, 0.05) is 11.8 Å². The van der Waals surface area contributed by atoms with E-state index in [1.165, 1.54) is 0 Å². The summed E-state index contributed by atoms with van der Waals surface area (Å²) in [6, 6.07) is 23.7. The van der Waals surface area contributed by atoms with Gasteiger partial charge in [0.1, 0.15) is 0 Å². The summed E-state index contributed by atoms with van der Waals surface area (Å²) in [5, 5.41) is 5.15. The molecule has 0 bridgehead atoms. The summed E-state index contributed by atoms with van der Waals surface area (Å²) in [4.78, 5) is 11.9. The number of anilines is 1. The van der Waals surface area contributed by atoms with Gasteiger partial charge in [0.05, 0.1) is 0 Å². The van der Waals surface area contributed by atoms with E-state index in [-0.39, 0.29) is 5.91 Å². The smallest absolute Gasteiger partial charge is 0.248 e. The molecule has 0 spiro atoms. The van der Waals surface area contributed by atoms with E-state index in [2.05, 4.69) is 11.4 Å². The molecule has 0 aromatic heterocycles. The molecule has 2 heteroatoms. The van der Waals surface area contributed by atoms with Crippen LogP contribution in [0.5, 0.6) is 0 Å². The minimum Gasteiger partial charge on any atom is -0.322 e. The third kappa shape index (κ3) is 3.37. The van der Waals surface area contributed by atoms with E-state index in [1.807, 2.05) is 66.7 Å². The Labute approximate surface area is 123 Å². The van der Waals surface area contributed by atoms with Crippen LogP contribution in [0.1, 0.15) is 5.56 Å². The first-order chi connectivity index (χ1) is 10.3. The Bertz CT molecular complexity index is 791. The highest BCUT2D eigenvalue weighted by atomic mass is 16.1. The largest absolute Gasteiger partial charge is 0.322 e. The van der Waals surface area contributed by atoms with Crippen molar-refractivity contribution < 1.29 is 4.79 Å². The number of fused-ring (bicyclic) bond motifs is 1. The van der Waals surface area contributed by atoms with Crippen LogP contribution in [0.2, 0.25) is 0 Å². The van der Waals surface area contributed by atoms with Crippen LogP contribution in [0.15, 0.2) is 78.9 Å². The Morgan fingerprint density at radius 3 is 2.33 bits per heavy atom. The number of hydrogen-bond donors (Lipinski definition) is 1. The van der Waals surface area contributed by atoms with Crippen LogP contribution in [0.4, 0.5) is 5.69 Å². The van der Waals surface area contributed by atoms with Crippen LogP contribution in [0, 0.1) is 0 Å². The first-order valence-electron chi connectivity index (χ1n) is 6.84. The van der Waals surface area contributed by atoms with Gasteiger partial charge in [-0.25, -0.2) is 0 Å². The number of rotatable bonds is 3. The predicted molar refractivity (Wildman–Crippen MR) is 88.1 cm³/mol. The lowest BCUT2D eigenvalue weighted by atomic mass is 10.1. The molecule has 0 radical (unpaired) electrons. The van der Waals surface area contributed by atoms with Gasteiger partial charge in [-0.2, -0.15) is 0 Å². The minimum atomic E-state index is -0.130. The standard InChI is InChI=1S/C19H15NO/c21-19(13-10-15-6-2-1-3-7-15)20-18-12-11-16-8-4-5-9-17(16)14-18/h1-14H,(H,20,21). The fourth-order valence-corrected chi connectivity index (χ4v) is 2.19. The number of benzene rings is 3. The average Bonchev–Trinajstić information content (AvgIpc) is 2.54. The van der Waals surface area contributed by atoms with Crippen molar-refractivity contribution in [3.8, 4) is 0 Å². The molecule has 102 valence electrons. The summed E-state index contributed by atoms with van der Waals surface area (Å²) >= 11 is 0. The zero-order valence-electron chi connectivity index (χ0n) is 11.5. The van der Waals surface area contributed by atoms with Gasteiger partial charge in [-0.3, -0.25) is 4.79 Å². The van der Waals surface area contributed by atoms with Crippen molar-refractivity contribution in [2.75, 3.05) is 5.32 Å². The Balaban J connectivity index is 1.73. The van der Waals surface area contributed by atoms with E-state index >= 15 is 0 Å². The molecule has 0 fully saturated rings. The first kappa shape index (κ1) is 13.1. The van der Waals surface area contributed by atoms with Crippen LogP contribution in [-0.2, 0) is 4.79 Å². The maximum Gasteiger partial charge on any atom is 0.248 e. The fourth-order valence-electron chi connectivity index (χ4n) is 2.19. The molecule has 3 rings (SSSR count). The summed E-state index contributed by atoms with van der Waals surface area (Å²) in [6.45, 7) is 0. The summed E-state index contributed by atoms with van der Waals surface area (Å²) in [6.07, 6.45) is 3.35. The van der Waals surface area contributed by atoms with Gasteiger partial charge >= 0.3 is 0 Å². The Hall–Kier alpha value is -2.87. The van der Waals surface area contributed by atoms with E-state index in [4.69, 9.17) is 0 Å². The van der Waals surface area contributed by atoms with Crippen LogP contribution in [-0.4, -0.2) is 5.91 Å². The number of hydrogen-bond acceptors (Lipinski definition) is 1. The topological polar surface area (TPSA) is 29.1 Å². The van der Waals surface area contributed by atoms with Gasteiger partial charge < -0.3 is 5.32 Å². The lowest BCUT2D eigenvalue weighted by molar-refractivity contribution is -0.111. The van der Waals surface area contributed by atoms with Crippen molar-refractivity contribution >= 4 is 28.4 Å². The highest BCUT2D eigenvalue weighted by molar-refractivity contribution is 6.03. The van der Waals surface area contributed by atoms with E-state index in [9.17, 15) is 4.79 Å². The average molecular weight is 273 g/mol. The number of amides is 1. The van der Waals surface area contributed by atoms with Crippen molar-refractivity contribution in [3.05, 3.63) is 84.4 Å². The molecule has 2 nitrogen and oxygen atoms in total. The second kappa shape index (κ2) is 6.06. The molecule has 0 unspecified atom stereocenters. The van der Waals surface area contributed by atoms with Crippen molar-refractivity contribution in [2.24, 2.45) is 0 Å². The predicted octanol–water partition coefficient (Wildman–Crippen LogP) is 4.49. The Kier molecular flexibility index (Phi) is 3.79. The van der Waals surface area contributed by atoms with Crippen LogP contribution in [0.25, 0.3) is 16.8 Å². The van der Waals surface area contributed by atoms with Gasteiger partial charge in [0.25, 0.3) is 0 Å². The maximum atomic E-state index is 11.9. The first-order valence-corrected chi connectivity index (χ1v) is 6.84. The van der Waals surface area contributed by atoms with Crippen LogP contribution < -0.4 is 5.32 Å². The minimum absolute atomic E-state index is 0.130. The van der Waals surface area contributed by atoms with Crippen molar-refractivity contribution in [1.29, 1.82) is 0 Å². The van der Waals surface area contributed by atoms with Crippen molar-refractivity contribution in [1.82, 2.24) is 0 Å². The highest BCUT2D eigenvalue weighted by Gasteiger charge is 1.99. The zero-order chi connectivity index (χ0) is 14.5. The molecule has 1 N–H and O–H groups in total. The molecule has 0 atom stereocenters. The van der Waals surface area contributed by atoms with Crippen LogP contribution >= 0.6 is 0 Å². The molecule has 0 saturated heterocycles. The second-order valence-electron chi connectivity index (χ2n) is 4.80. The van der Waals surface area contributed by atoms with Gasteiger partial charge in [-0.05, 0) is 34.5 Å². The molecule has 1 amide bonds. The molecule has 0 aliphatic heterocycles. The van der Waals surface area contributed by atoms with Crippen molar-refractivity contribution in [3.63, 3.8) is 0 Å². The summed E-state index contributed by atoms with van der Waals surface area (Å²) in [5.74, 6) is -0.130. The summed E-state index contributed by atoms with van der Waals surface area (Å²) in [7, 11) is 0. The van der Waals surface area contributed by atoms with Gasteiger partial charge in [0.15, 0.2) is 0 Å². The number of nitrogens with one attached hydrogen (secondary N) is 1. The molecular weight excluding hydrogens is 258 g/mol. The lowest BCUT2D eigenvalue weighted by Gasteiger charge is -2.04. The molecular formula is C19H15NO. The third-order valence-electron chi connectivity index (χ3n) is 3.24. The molecule has 21 heavy (non-hydrogen) atoms. The molecule has 3 aromatic carbocycles. The number of carbonyl (C=O) groups excluding carboxylic acids is 1. The van der Waals surface area contributed by atoms with Crippen LogP contribution in [0.3, 0.4) is 0 Å². The van der Waals surface area contributed by atoms with E-state index in [0.29, 0.717) is 0 Å². The Morgan fingerprint density at radius 2 is 1.52 bits per heavy atom. The molecule has 0 heterocycles. The molecule has 0 aliphatic carbocycles. The van der Waals surface area contributed by atoms with Crippen molar-refractivity contribution in [2.45, 2.75) is 0 Å². The van der Waals surface area contributed by atoms with Gasteiger partial charge in [-0.15, -0.1) is 0 Å². The lowest BCUT2D eigenvalue weighted by Crippen LogP contribution is -2.07. The summed E-state index contributed by atoms with van der Waals surface area (Å²) in [5.41, 5.74) is 1.81. The highest BCUT2D eigenvalue weighted by Crippen LogP contribution is 2.18. The number of carbonyl (C=O) groups is 1. The summed E-state index contributed by atoms with van der Waals surface area (Å²) < 4.78 is 0. The monoisotopic (exact) mass is 273 g/mol. The quantitative estimate of drug-likeness (QED) is 0.700. The Morgan fingerprint density at radius 1 is 0.810 bits per heavy atom. The third-order valence-corrected chi connectivity index (χ3v) is 3.24. The normalized spacial score (nSPS) is 10.9. The van der Waals surface area contributed by atoms with E-state index in [0.717, 1.165) is 22.0 Å². The zero-order valence-corrected chi connectivity index (χ0v) is 11.5. The maximum absolute atomic E-state index is 11.9. The fraction of sp³-hybridized carbons (Fsp3) is 0. The van der Waals surface area contributed by atoms with Gasteiger partial charge in [0.2, 0.25) is 5.91 Å². The van der Waals surface area contributed by atoms with Gasteiger partial charge in [-0.1, -0.05) is 60.7 Å². The van der Waals surface area contributed by atoms with E-state index in [1.54, 1.807) is 12.2 Å². The van der Waals surface area contributed by atoms with E-state index < -0.39 is 0 Å². The molecule has 3 aromatic rings. The SMILES string of the molecule is O=C(C=Cc1ccccc1)Nc1ccc2ccccc2c1. The molecule has 0 aliphatic rings. The second-order valence-corrected chi connectivity index (χ2v) is 4.80.